The van der Waals surface area contributed by atoms with E-state index in [-0.39, 0.29) is 12.0 Å². The van der Waals surface area contributed by atoms with Gasteiger partial charge in [-0.05, 0) is 38.8 Å². The van der Waals surface area contributed by atoms with Crippen LogP contribution in [0, 0.1) is 0 Å². The topological polar surface area (TPSA) is 47.6 Å². The molecule has 1 aliphatic rings. The Labute approximate surface area is 114 Å². The number of carbonyl (C=O) groups excluding carboxylic acids is 1. The summed E-state index contributed by atoms with van der Waals surface area (Å²) in [6.07, 6.45) is 0.545. The molecule has 1 unspecified atom stereocenters. The van der Waals surface area contributed by atoms with Crippen LogP contribution in [-0.2, 0) is 4.74 Å². The summed E-state index contributed by atoms with van der Waals surface area (Å²) in [5, 5.41) is 2.83. The number of para-hydroxylation sites is 1. The van der Waals surface area contributed by atoms with Crippen molar-refractivity contribution in [3.8, 4) is 5.75 Å². The minimum absolute atomic E-state index is 0.289. The predicted molar refractivity (Wildman–Crippen MR) is 73.5 cm³/mol. The number of alkyl carbamates (subject to hydrolysis) is 1. The first-order chi connectivity index (χ1) is 8.96. The molecular formula is C15H21NO3. The van der Waals surface area contributed by atoms with E-state index in [1.165, 1.54) is 0 Å². The molecule has 2 rings (SSSR count). The second kappa shape index (κ2) is 5.51. The Balaban J connectivity index is 1.93. The van der Waals surface area contributed by atoms with Crippen LogP contribution in [0.1, 0.15) is 38.7 Å². The summed E-state index contributed by atoms with van der Waals surface area (Å²) in [4.78, 5) is 11.6. The zero-order valence-electron chi connectivity index (χ0n) is 11.7. The Morgan fingerprint density at radius 1 is 1.42 bits per heavy atom. The van der Waals surface area contributed by atoms with Gasteiger partial charge in [-0.1, -0.05) is 18.2 Å². The third-order valence-electron chi connectivity index (χ3n) is 2.97. The van der Waals surface area contributed by atoms with Crippen LogP contribution in [0.5, 0.6) is 5.75 Å². The van der Waals surface area contributed by atoms with Gasteiger partial charge in [-0.25, -0.2) is 4.79 Å². The standard InChI is InChI=1S/C15H21NO3/c1-15(2,3)19-14(17)16-10-11-8-9-18-13-7-5-4-6-12(11)13/h4-7,11H,8-10H2,1-3H3,(H,16,17). The van der Waals surface area contributed by atoms with Gasteiger partial charge in [0.2, 0.25) is 0 Å². The van der Waals surface area contributed by atoms with E-state index in [0.29, 0.717) is 13.2 Å². The number of carbonyl (C=O) groups is 1. The molecule has 0 fully saturated rings. The van der Waals surface area contributed by atoms with Crippen LogP contribution in [0.25, 0.3) is 0 Å². The van der Waals surface area contributed by atoms with Gasteiger partial charge in [-0.2, -0.15) is 0 Å². The zero-order chi connectivity index (χ0) is 13.9. The fourth-order valence-electron chi connectivity index (χ4n) is 2.15. The molecule has 0 saturated heterocycles. The van der Waals surface area contributed by atoms with Crippen molar-refractivity contribution in [2.45, 2.75) is 38.7 Å². The predicted octanol–water partition coefficient (Wildman–Crippen LogP) is 3.08. The molecule has 0 bridgehead atoms. The zero-order valence-corrected chi connectivity index (χ0v) is 11.7. The van der Waals surface area contributed by atoms with Gasteiger partial charge >= 0.3 is 6.09 Å². The molecule has 0 spiro atoms. The van der Waals surface area contributed by atoms with Gasteiger partial charge in [0.15, 0.2) is 0 Å². The molecule has 1 atom stereocenters. The van der Waals surface area contributed by atoms with E-state index in [9.17, 15) is 4.79 Å². The maximum atomic E-state index is 11.6. The Morgan fingerprint density at radius 2 is 2.16 bits per heavy atom. The molecular weight excluding hydrogens is 242 g/mol. The molecule has 1 amide bonds. The van der Waals surface area contributed by atoms with Crippen molar-refractivity contribution >= 4 is 6.09 Å². The van der Waals surface area contributed by atoms with Crippen LogP contribution in [0.3, 0.4) is 0 Å². The Kier molecular flexibility index (Phi) is 3.98. The molecule has 0 aliphatic carbocycles. The molecule has 1 heterocycles. The monoisotopic (exact) mass is 263 g/mol. The third-order valence-corrected chi connectivity index (χ3v) is 2.97. The summed E-state index contributed by atoms with van der Waals surface area (Å²) in [7, 11) is 0. The SMILES string of the molecule is CC(C)(C)OC(=O)NCC1CCOc2ccccc21. The van der Waals surface area contributed by atoms with E-state index in [2.05, 4.69) is 11.4 Å². The highest BCUT2D eigenvalue weighted by Crippen LogP contribution is 2.32. The van der Waals surface area contributed by atoms with Crippen molar-refractivity contribution in [3.05, 3.63) is 29.8 Å². The van der Waals surface area contributed by atoms with Crippen LogP contribution < -0.4 is 10.1 Å². The van der Waals surface area contributed by atoms with E-state index < -0.39 is 5.60 Å². The lowest BCUT2D eigenvalue weighted by atomic mass is 9.93. The average Bonchev–Trinajstić information content (AvgIpc) is 2.34. The van der Waals surface area contributed by atoms with Gasteiger partial charge < -0.3 is 14.8 Å². The third kappa shape index (κ3) is 3.88. The fraction of sp³-hybridized carbons (Fsp3) is 0.533. The first-order valence-electron chi connectivity index (χ1n) is 6.64. The summed E-state index contributed by atoms with van der Waals surface area (Å²) in [6.45, 7) is 6.84. The largest absolute Gasteiger partial charge is 0.493 e. The van der Waals surface area contributed by atoms with Crippen LogP contribution in [0.2, 0.25) is 0 Å². The first-order valence-corrected chi connectivity index (χ1v) is 6.64. The van der Waals surface area contributed by atoms with Gasteiger partial charge in [0, 0.05) is 12.5 Å². The highest BCUT2D eigenvalue weighted by Gasteiger charge is 2.22. The lowest BCUT2D eigenvalue weighted by Gasteiger charge is -2.26. The fourth-order valence-corrected chi connectivity index (χ4v) is 2.15. The Hall–Kier alpha value is -1.71. The first kappa shape index (κ1) is 13.7. The molecule has 104 valence electrons. The van der Waals surface area contributed by atoms with Gasteiger partial charge in [0.25, 0.3) is 0 Å². The number of rotatable bonds is 2. The van der Waals surface area contributed by atoms with Crippen molar-refractivity contribution in [1.29, 1.82) is 0 Å². The molecule has 19 heavy (non-hydrogen) atoms. The van der Waals surface area contributed by atoms with E-state index in [0.717, 1.165) is 17.7 Å². The quantitative estimate of drug-likeness (QED) is 0.892. The molecule has 1 aliphatic heterocycles. The number of benzene rings is 1. The van der Waals surface area contributed by atoms with Crippen molar-refractivity contribution < 1.29 is 14.3 Å². The lowest BCUT2D eigenvalue weighted by Crippen LogP contribution is -2.35. The number of fused-ring (bicyclic) bond motifs is 1. The van der Waals surface area contributed by atoms with Crippen LogP contribution in [0.15, 0.2) is 24.3 Å². The molecule has 0 radical (unpaired) electrons. The molecule has 4 nitrogen and oxygen atoms in total. The molecule has 1 aromatic rings. The number of ether oxygens (including phenoxy) is 2. The van der Waals surface area contributed by atoms with Crippen molar-refractivity contribution in [2.24, 2.45) is 0 Å². The summed E-state index contributed by atoms with van der Waals surface area (Å²) in [5.41, 5.74) is 0.697. The normalized spacial score (nSPS) is 18.2. The molecule has 1 aromatic carbocycles. The summed E-state index contributed by atoms with van der Waals surface area (Å²) in [5.74, 6) is 1.21. The smallest absolute Gasteiger partial charge is 0.407 e. The average molecular weight is 263 g/mol. The number of nitrogens with one attached hydrogen (secondary N) is 1. The van der Waals surface area contributed by atoms with Crippen molar-refractivity contribution in [1.82, 2.24) is 5.32 Å². The van der Waals surface area contributed by atoms with Crippen molar-refractivity contribution in [2.75, 3.05) is 13.2 Å². The second-order valence-corrected chi connectivity index (χ2v) is 5.75. The maximum absolute atomic E-state index is 11.6. The number of hydrogen-bond acceptors (Lipinski definition) is 3. The van der Waals surface area contributed by atoms with E-state index >= 15 is 0 Å². The van der Waals surface area contributed by atoms with Crippen LogP contribution in [-0.4, -0.2) is 24.8 Å². The summed E-state index contributed by atoms with van der Waals surface area (Å²) >= 11 is 0. The number of amides is 1. The van der Waals surface area contributed by atoms with Crippen LogP contribution in [0.4, 0.5) is 4.79 Å². The van der Waals surface area contributed by atoms with Gasteiger partial charge in [0.05, 0.1) is 6.61 Å². The highest BCUT2D eigenvalue weighted by atomic mass is 16.6. The van der Waals surface area contributed by atoms with Gasteiger partial charge in [-0.15, -0.1) is 0 Å². The molecule has 4 heteroatoms. The molecule has 0 aromatic heterocycles. The highest BCUT2D eigenvalue weighted by molar-refractivity contribution is 5.67. The Morgan fingerprint density at radius 3 is 2.89 bits per heavy atom. The van der Waals surface area contributed by atoms with Crippen molar-refractivity contribution in [3.63, 3.8) is 0 Å². The summed E-state index contributed by atoms with van der Waals surface area (Å²) < 4.78 is 10.8. The van der Waals surface area contributed by atoms with Gasteiger partial charge in [-0.3, -0.25) is 0 Å². The second-order valence-electron chi connectivity index (χ2n) is 5.75. The molecule has 0 saturated carbocycles. The Bertz CT molecular complexity index is 451. The molecule has 1 N–H and O–H groups in total. The number of hydrogen-bond donors (Lipinski definition) is 1. The minimum Gasteiger partial charge on any atom is -0.493 e. The van der Waals surface area contributed by atoms with E-state index in [4.69, 9.17) is 9.47 Å². The summed E-state index contributed by atoms with van der Waals surface area (Å²) in [6, 6.07) is 7.97. The van der Waals surface area contributed by atoms with E-state index in [1.807, 2.05) is 39.0 Å². The maximum Gasteiger partial charge on any atom is 0.407 e. The van der Waals surface area contributed by atoms with Gasteiger partial charge in [0.1, 0.15) is 11.4 Å². The van der Waals surface area contributed by atoms with Crippen LogP contribution >= 0.6 is 0 Å². The lowest BCUT2D eigenvalue weighted by molar-refractivity contribution is 0.0521. The van der Waals surface area contributed by atoms with E-state index in [1.54, 1.807) is 0 Å². The minimum atomic E-state index is -0.461.